The predicted octanol–water partition coefficient (Wildman–Crippen LogP) is 1.31. The Kier molecular flexibility index (Phi) is 4.86. The highest BCUT2D eigenvalue weighted by Crippen LogP contribution is 2.29. The van der Waals surface area contributed by atoms with Gasteiger partial charge in [0.15, 0.2) is 0 Å². The lowest BCUT2D eigenvalue weighted by Crippen LogP contribution is -2.42. The van der Waals surface area contributed by atoms with Crippen molar-refractivity contribution in [1.82, 2.24) is 15.1 Å². The van der Waals surface area contributed by atoms with Crippen LogP contribution in [-0.4, -0.2) is 67.8 Å². The molecule has 0 unspecified atom stereocenters. The van der Waals surface area contributed by atoms with Crippen molar-refractivity contribution in [3.8, 4) is 0 Å². The number of halogens is 3. The number of alkyl halides is 3. The van der Waals surface area contributed by atoms with E-state index >= 15 is 0 Å². The lowest BCUT2D eigenvalue weighted by molar-refractivity contribution is -0.147. The zero-order chi connectivity index (χ0) is 13.0. The number of hydrogen-bond acceptors (Lipinski definition) is 3. The van der Waals surface area contributed by atoms with E-state index < -0.39 is 12.7 Å². The van der Waals surface area contributed by atoms with Crippen LogP contribution in [0.1, 0.15) is 19.3 Å². The summed E-state index contributed by atoms with van der Waals surface area (Å²) in [5.41, 5.74) is 0. The van der Waals surface area contributed by atoms with Gasteiger partial charge in [0.25, 0.3) is 0 Å². The standard InChI is InChI=1S/C12H22F3N3/c13-12(14,15)10-18(11-2-3-11)9-8-17-6-1-4-16-5-7-17/h11,16H,1-10H2. The Morgan fingerprint density at radius 1 is 1.17 bits per heavy atom. The summed E-state index contributed by atoms with van der Waals surface area (Å²) in [5, 5.41) is 3.30. The molecule has 0 aromatic rings. The number of rotatable bonds is 5. The van der Waals surface area contributed by atoms with Gasteiger partial charge < -0.3 is 10.2 Å². The monoisotopic (exact) mass is 265 g/mol. The van der Waals surface area contributed by atoms with E-state index in [9.17, 15) is 13.2 Å². The molecule has 1 aliphatic heterocycles. The third-order valence-electron chi connectivity index (χ3n) is 3.58. The molecule has 1 saturated carbocycles. The Balaban J connectivity index is 1.74. The van der Waals surface area contributed by atoms with Crippen LogP contribution >= 0.6 is 0 Å². The van der Waals surface area contributed by atoms with Crippen LogP contribution in [0.4, 0.5) is 13.2 Å². The molecule has 1 heterocycles. The predicted molar refractivity (Wildman–Crippen MR) is 64.6 cm³/mol. The maximum atomic E-state index is 12.5. The van der Waals surface area contributed by atoms with Crippen LogP contribution < -0.4 is 5.32 Å². The van der Waals surface area contributed by atoms with E-state index in [2.05, 4.69) is 10.2 Å². The molecule has 1 aliphatic carbocycles. The maximum Gasteiger partial charge on any atom is 0.401 e. The van der Waals surface area contributed by atoms with Crippen molar-refractivity contribution in [1.29, 1.82) is 0 Å². The molecule has 2 fully saturated rings. The number of hydrogen-bond donors (Lipinski definition) is 1. The van der Waals surface area contributed by atoms with Crippen LogP contribution in [0.3, 0.4) is 0 Å². The van der Waals surface area contributed by atoms with Crippen molar-refractivity contribution >= 4 is 0 Å². The molecule has 0 atom stereocenters. The van der Waals surface area contributed by atoms with Crippen molar-refractivity contribution < 1.29 is 13.2 Å². The molecule has 0 amide bonds. The summed E-state index contributed by atoms with van der Waals surface area (Å²) >= 11 is 0. The van der Waals surface area contributed by atoms with Crippen LogP contribution in [0.25, 0.3) is 0 Å². The third kappa shape index (κ3) is 5.12. The van der Waals surface area contributed by atoms with Crippen molar-refractivity contribution in [2.24, 2.45) is 0 Å². The molecule has 0 aromatic carbocycles. The third-order valence-corrected chi connectivity index (χ3v) is 3.58. The minimum Gasteiger partial charge on any atom is -0.315 e. The Morgan fingerprint density at radius 3 is 2.61 bits per heavy atom. The van der Waals surface area contributed by atoms with E-state index in [-0.39, 0.29) is 6.04 Å². The highest BCUT2D eigenvalue weighted by molar-refractivity contribution is 4.86. The first kappa shape index (κ1) is 14.1. The van der Waals surface area contributed by atoms with E-state index in [4.69, 9.17) is 0 Å². The topological polar surface area (TPSA) is 18.5 Å². The minimum absolute atomic E-state index is 0.178. The Morgan fingerprint density at radius 2 is 1.94 bits per heavy atom. The molecule has 0 spiro atoms. The minimum atomic E-state index is -4.07. The smallest absolute Gasteiger partial charge is 0.315 e. The number of nitrogens with one attached hydrogen (secondary N) is 1. The van der Waals surface area contributed by atoms with E-state index in [1.165, 1.54) is 0 Å². The van der Waals surface area contributed by atoms with Gasteiger partial charge in [0.2, 0.25) is 0 Å². The van der Waals surface area contributed by atoms with Gasteiger partial charge in [-0.2, -0.15) is 13.2 Å². The summed E-state index contributed by atoms with van der Waals surface area (Å²) in [6, 6.07) is 0.178. The highest BCUT2D eigenvalue weighted by atomic mass is 19.4. The van der Waals surface area contributed by atoms with Crippen LogP contribution in [0.15, 0.2) is 0 Å². The summed E-state index contributed by atoms with van der Waals surface area (Å²) in [4.78, 5) is 3.88. The normalized spacial score (nSPS) is 23.3. The molecule has 1 saturated heterocycles. The summed E-state index contributed by atoms with van der Waals surface area (Å²) < 4.78 is 37.4. The van der Waals surface area contributed by atoms with Gasteiger partial charge >= 0.3 is 6.18 Å². The largest absolute Gasteiger partial charge is 0.401 e. The quantitative estimate of drug-likeness (QED) is 0.808. The van der Waals surface area contributed by atoms with Crippen LogP contribution in [-0.2, 0) is 0 Å². The van der Waals surface area contributed by atoms with E-state index in [0.717, 1.165) is 52.0 Å². The summed E-state index contributed by atoms with van der Waals surface area (Å²) in [5.74, 6) is 0. The average Bonchev–Trinajstić information content (AvgIpc) is 3.09. The first-order valence-electron chi connectivity index (χ1n) is 6.78. The molecule has 1 N–H and O–H groups in total. The van der Waals surface area contributed by atoms with Gasteiger partial charge in [-0.1, -0.05) is 0 Å². The van der Waals surface area contributed by atoms with E-state index in [1.807, 2.05) is 0 Å². The highest BCUT2D eigenvalue weighted by Gasteiger charge is 2.37. The first-order chi connectivity index (χ1) is 8.54. The number of nitrogens with zero attached hydrogens (tertiary/aromatic N) is 2. The molecule has 0 aromatic heterocycles. The van der Waals surface area contributed by atoms with Crippen molar-refractivity contribution in [2.75, 3.05) is 45.8 Å². The lowest BCUT2D eigenvalue weighted by atomic mass is 10.3. The maximum absolute atomic E-state index is 12.5. The molecular weight excluding hydrogens is 243 g/mol. The van der Waals surface area contributed by atoms with Crippen LogP contribution in [0, 0.1) is 0 Å². The second kappa shape index (κ2) is 6.21. The Labute approximate surface area is 106 Å². The molecule has 106 valence electrons. The van der Waals surface area contributed by atoms with Gasteiger partial charge in [-0.3, -0.25) is 4.90 Å². The van der Waals surface area contributed by atoms with Gasteiger partial charge in [-0.15, -0.1) is 0 Å². The summed E-state index contributed by atoms with van der Waals surface area (Å²) in [6.45, 7) is 4.47. The summed E-state index contributed by atoms with van der Waals surface area (Å²) in [6.07, 6.45) is -1.12. The second-order valence-electron chi connectivity index (χ2n) is 5.26. The molecule has 0 radical (unpaired) electrons. The van der Waals surface area contributed by atoms with Gasteiger partial charge in [0.1, 0.15) is 0 Å². The fraction of sp³-hybridized carbons (Fsp3) is 1.00. The lowest BCUT2D eigenvalue weighted by Gasteiger charge is -2.27. The average molecular weight is 265 g/mol. The Hall–Kier alpha value is -0.330. The van der Waals surface area contributed by atoms with Gasteiger partial charge in [0.05, 0.1) is 6.54 Å². The summed E-state index contributed by atoms with van der Waals surface area (Å²) in [7, 11) is 0. The van der Waals surface area contributed by atoms with E-state index in [0.29, 0.717) is 6.54 Å². The molecule has 2 aliphatic rings. The fourth-order valence-corrected chi connectivity index (χ4v) is 2.46. The van der Waals surface area contributed by atoms with Gasteiger partial charge in [-0.25, -0.2) is 0 Å². The van der Waals surface area contributed by atoms with Crippen molar-refractivity contribution in [3.63, 3.8) is 0 Å². The zero-order valence-electron chi connectivity index (χ0n) is 10.7. The van der Waals surface area contributed by atoms with Crippen molar-refractivity contribution in [2.45, 2.75) is 31.5 Å². The van der Waals surface area contributed by atoms with Gasteiger partial charge in [-0.05, 0) is 32.4 Å². The Bertz CT molecular complexity index is 245. The molecule has 2 rings (SSSR count). The molecule has 3 nitrogen and oxygen atoms in total. The SMILES string of the molecule is FC(F)(F)CN(CCN1CCCNCC1)C1CC1. The fourth-order valence-electron chi connectivity index (χ4n) is 2.46. The first-order valence-corrected chi connectivity index (χ1v) is 6.78. The molecule has 18 heavy (non-hydrogen) atoms. The van der Waals surface area contributed by atoms with Crippen LogP contribution in [0.2, 0.25) is 0 Å². The second-order valence-corrected chi connectivity index (χ2v) is 5.26. The molecule has 0 bridgehead atoms. The van der Waals surface area contributed by atoms with Crippen LogP contribution in [0.5, 0.6) is 0 Å². The zero-order valence-corrected chi connectivity index (χ0v) is 10.7. The van der Waals surface area contributed by atoms with Gasteiger partial charge in [0, 0.05) is 32.2 Å². The van der Waals surface area contributed by atoms with E-state index in [1.54, 1.807) is 4.90 Å². The van der Waals surface area contributed by atoms with Crippen molar-refractivity contribution in [3.05, 3.63) is 0 Å². The molecular formula is C12H22F3N3. The molecule has 6 heteroatoms.